The molecule has 0 amide bonds. The Hall–Kier alpha value is -3.99. The molecule has 0 aliphatic heterocycles. The van der Waals surface area contributed by atoms with Crippen molar-refractivity contribution in [2.24, 2.45) is 0 Å². The number of aromatic nitrogens is 4. The first-order valence-electron chi connectivity index (χ1n) is 9.39. The SMILES string of the molecule is O=c1[nH]cnc2c1ncn2C(c1ccccc1)(c1ccccc1)c1ccccc1. The largest absolute Gasteiger partial charge is 0.311 e. The highest BCUT2D eigenvalue weighted by atomic mass is 16.1. The summed E-state index contributed by atoms with van der Waals surface area (Å²) >= 11 is 0. The normalized spacial score (nSPS) is 11.6. The van der Waals surface area contributed by atoms with Crippen LogP contribution in [0.3, 0.4) is 0 Å². The Morgan fingerprint density at radius 3 is 1.66 bits per heavy atom. The molecule has 5 nitrogen and oxygen atoms in total. The monoisotopic (exact) mass is 378 g/mol. The Morgan fingerprint density at radius 2 is 1.17 bits per heavy atom. The first-order chi connectivity index (χ1) is 14.3. The molecule has 0 radical (unpaired) electrons. The molecule has 0 aliphatic carbocycles. The first-order valence-corrected chi connectivity index (χ1v) is 9.39. The molecule has 5 rings (SSSR count). The van der Waals surface area contributed by atoms with Gasteiger partial charge in [0.15, 0.2) is 11.2 Å². The van der Waals surface area contributed by atoms with Gasteiger partial charge >= 0.3 is 0 Å². The molecular formula is C24H18N4O. The van der Waals surface area contributed by atoms with Crippen LogP contribution in [0.1, 0.15) is 16.7 Å². The molecule has 0 bridgehead atoms. The second-order valence-corrected chi connectivity index (χ2v) is 6.83. The van der Waals surface area contributed by atoms with Crippen LogP contribution in [0.5, 0.6) is 0 Å². The van der Waals surface area contributed by atoms with Crippen LogP contribution in [-0.4, -0.2) is 19.5 Å². The lowest BCUT2D eigenvalue weighted by atomic mass is 9.76. The summed E-state index contributed by atoms with van der Waals surface area (Å²) in [6.07, 6.45) is 3.13. The molecule has 1 N–H and O–H groups in total. The lowest BCUT2D eigenvalue weighted by Gasteiger charge is -2.37. The van der Waals surface area contributed by atoms with Gasteiger partial charge in [0.25, 0.3) is 5.56 Å². The lowest BCUT2D eigenvalue weighted by Crippen LogP contribution is -2.37. The zero-order chi connectivity index (χ0) is 19.7. The minimum Gasteiger partial charge on any atom is -0.311 e. The molecule has 5 heteroatoms. The highest BCUT2D eigenvalue weighted by Gasteiger charge is 2.39. The fraction of sp³-hybridized carbons (Fsp3) is 0.0417. The Morgan fingerprint density at radius 1 is 0.690 bits per heavy atom. The van der Waals surface area contributed by atoms with Gasteiger partial charge in [0.1, 0.15) is 5.54 Å². The van der Waals surface area contributed by atoms with Gasteiger partial charge in [-0.05, 0) is 16.7 Å². The summed E-state index contributed by atoms with van der Waals surface area (Å²) in [5, 5.41) is 0. The van der Waals surface area contributed by atoms with Crippen LogP contribution in [0.25, 0.3) is 11.2 Å². The number of nitrogens with zero attached hydrogens (tertiary/aromatic N) is 3. The third kappa shape index (κ3) is 2.59. The summed E-state index contributed by atoms with van der Waals surface area (Å²) in [4.78, 5) is 23.9. The van der Waals surface area contributed by atoms with E-state index in [9.17, 15) is 4.79 Å². The number of hydrogen-bond donors (Lipinski definition) is 1. The van der Waals surface area contributed by atoms with E-state index in [0.29, 0.717) is 11.2 Å². The van der Waals surface area contributed by atoms with Crippen LogP contribution in [-0.2, 0) is 5.54 Å². The van der Waals surface area contributed by atoms with Crippen LogP contribution in [0.4, 0.5) is 0 Å². The maximum absolute atomic E-state index is 12.4. The average molecular weight is 378 g/mol. The van der Waals surface area contributed by atoms with E-state index >= 15 is 0 Å². The standard InChI is InChI=1S/C24H18N4O/c29-23-21-22(25-16-26-23)28(17-27-21)24(18-10-4-1-5-11-18,19-12-6-2-7-13-19)20-14-8-3-9-15-20/h1-17H,(H,25,26,29). The second-order valence-electron chi connectivity index (χ2n) is 6.83. The smallest absolute Gasteiger partial charge is 0.278 e. The Labute approximate surface area is 167 Å². The van der Waals surface area contributed by atoms with Gasteiger partial charge in [0.2, 0.25) is 0 Å². The highest BCUT2D eigenvalue weighted by Crippen LogP contribution is 2.41. The van der Waals surface area contributed by atoms with E-state index in [4.69, 9.17) is 0 Å². The molecule has 140 valence electrons. The molecule has 2 heterocycles. The first kappa shape index (κ1) is 17.1. The van der Waals surface area contributed by atoms with Crippen LogP contribution in [0.2, 0.25) is 0 Å². The van der Waals surface area contributed by atoms with Crippen molar-refractivity contribution in [2.45, 2.75) is 5.54 Å². The zero-order valence-electron chi connectivity index (χ0n) is 15.6. The van der Waals surface area contributed by atoms with Gasteiger partial charge in [0.05, 0.1) is 12.7 Å². The van der Waals surface area contributed by atoms with Crippen molar-refractivity contribution in [1.29, 1.82) is 0 Å². The van der Waals surface area contributed by atoms with Gasteiger partial charge in [0, 0.05) is 0 Å². The number of H-pyrrole nitrogens is 1. The Kier molecular flexibility index (Phi) is 4.06. The van der Waals surface area contributed by atoms with Crippen LogP contribution in [0, 0.1) is 0 Å². The van der Waals surface area contributed by atoms with Gasteiger partial charge in [-0.1, -0.05) is 91.0 Å². The van der Waals surface area contributed by atoms with Crippen molar-refractivity contribution in [3.05, 3.63) is 131 Å². The number of rotatable bonds is 4. The summed E-state index contributed by atoms with van der Waals surface area (Å²) in [6.45, 7) is 0. The number of fused-ring (bicyclic) bond motifs is 1. The van der Waals surface area contributed by atoms with Crippen molar-refractivity contribution in [3.8, 4) is 0 Å². The lowest BCUT2D eigenvalue weighted by molar-refractivity contribution is 0.526. The van der Waals surface area contributed by atoms with E-state index in [1.165, 1.54) is 6.33 Å². The molecule has 0 aliphatic rings. The number of imidazole rings is 1. The predicted octanol–water partition coefficient (Wildman–Crippen LogP) is 3.96. The minimum absolute atomic E-state index is 0.253. The fourth-order valence-electron chi connectivity index (χ4n) is 4.05. The molecule has 5 aromatic rings. The number of nitrogens with one attached hydrogen (secondary N) is 1. The molecule has 0 fully saturated rings. The Bertz CT molecular complexity index is 1210. The summed E-state index contributed by atoms with van der Waals surface area (Å²) in [5.74, 6) is 0. The van der Waals surface area contributed by atoms with Crippen LogP contribution < -0.4 is 5.56 Å². The van der Waals surface area contributed by atoms with Crippen LogP contribution in [0.15, 0.2) is 108 Å². The highest BCUT2D eigenvalue weighted by molar-refractivity contribution is 5.71. The maximum atomic E-state index is 12.4. The quantitative estimate of drug-likeness (QED) is 0.482. The molecule has 0 unspecified atom stereocenters. The van der Waals surface area contributed by atoms with E-state index in [2.05, 4.69) is 51.4 Å². The van der Waals surface area contributed by atoms with Crippen molar-refractivity contribution >= 4 is 11.2 Å². The van der Waals surface area contributed by atoms with Gasteiger partial charge in [-0.2, -0.15) is 0 Å². The molecular weight excluding hydrogens is 360 g/mol. The molecule has 2 aromatic heterocycles. The Balaban J connectivity index is 1.98. The molecule has 3 aromatic carbocycles. The summed E-state index contributed by atoms with van der Waals surface area (Å²) in [5.41, 5.74) is 3.03. The summed E-state index contributed by atoms with van der Waals surface area (Å²) in [7, 11) is 0. The second kappa shape index (κ2) is 6.87. The molecule has 29 heavy (non-hydrogen) atoms. The van der Waals surface area contributed by atoms with Gasteiger partial charge < -0.3 is 4.98 Å². The van der Waals surface area contributed by atoms with Crippen molar-refractivity contribution in [1.82, 2.24) is 19.5 Å². The predicted molar refractivity (Wildman–Crippen MR) is 113 cm³/mol. The number of hydrogen-bond acceptors (Lipinski definition) is 3. The van der Waals surface area contributed by atoms with Crippen LogP contribution >= 0.6 is 0 Å². The van der Waals surface area contributed by atoms with E-state index in [-0.39, 0.29) is 5.56 Å². The van der Waals surface area contributed by atoms with E-state index in [1.807, 2.05) is 59.2 Å². The molecule has 0 saturated carbocycles. The third-order valence-electron chi connectivity index (χ3n) is 5.28. The van der Waals surface area contributed by atoms with Crippen molar-refractivity contribution < 1.29 is 0 Å². The summed E-state index contributed by atoms with van der Waals surface area (Å²) < 4.78 is 2.00. The zero-order valence-corrected chi connectivity index (χ0v) is 15.6. The molecule has 0 spiro atoms. The topological polar surface area (TPSA) is 63.6 Å². The third-order valence-corrected chi connectivity index (χ3v) is 5.28. The van der Waals surface area contributed by atoms with Crippen molar-refractivity contribution in [2.75, 3.05) is 0 Å². The fourth-order valence-corrected chi connectivity index (χ4v) is 4.05. The molecule has 0 saturated heterocycles. The van der Waals surface area contributed by atoms with E-state index < -0.39 is 5.54 Å². The number of benzene rings is 3. The molecule has 0 atom stereocenters. The van der Waals surface area contributed by atoms with E-state index in [1.54, 1.807) is 6.33 Å². The van der Waals surface area contributed by atoms with Crippen molar-refractivity contribution in [3.63, 3.8) is 0 Å². The van der Waals surface area contributed by atoms with Gasteiger partial charge in [-0.15, -0.1) is 0 Å². The maximum Gasteiger partial charge on any atom is 0.278 e. The van der Waals surface area contributed by atoms with Gasteiger partial charge in [-0.25, -0.2) is 9.97 Å². The number of aromatic amines is 1. The minimum atomic E-state index is -0.737. The summed E-state index contributed by atoms with van der Waals surface area (Å²) in [6, 6.07) is 30.7. The van der Waals surface area contributed by atoms with E-state index in [0.717, 1.165) is 16.7 Å². The van der Waals surface area contributed by atoms with Gasteiger partial charge in [-0.3, -0.25) is 9.36 Å². The average Bonchev–Trinajstić information content (AvgIpc) is 3.23.